The van der Waals surface area contributed by atoms with Crippen LogP contribution in [0.25, 0.3) is 10.9 Å². The van der Waals surface area contributed by atoms with Crippen molar-refractivity contribution in [2.24, 2.45) is 0 Å². The van der Waals surface area contributed by atoms with Crippen LogP contribution < -0.4 is 5.56 Å². The van der Waals surface area contributed by atoms with Gasteiger partial charge >= 0.3 is 6.09 Å². The van der Waals surface area contributed by atoms with Crippen LogP contribution in [0.4, 0.5) is 10.5 Å². The average molecular weight is 342 g/mol. The van der Waals surface area contributed by atoms with E-state index in [1.54, 1.807) is 31.5 Å². The van der Waals surface area contributed by atoms with Crippen LogP contribution in [0, 0.1) is 10.1 Å². The first-order valence-corrected chi connectivity index (χ1v) is 7.49. The van der Waals surface area contributed by atoms with Gasteiger partial charge in [0.15, 0.2) is 0 Å². The standard InChI is InChI=1S/C16H14N4O5/c1-2-25-16(22)19-12-6-3-7-13(20(23)24)14(12)15(21)18(19)10-11-5-4-8-17-9-11/h3-9H,2,10H2,1H3. The summed E-state index contributed by atoms with van der Waals surface area (Å²) in [4.78, 5) is 39.7. The highest BCUT2D eigenvalue weighted by molar-refractivity contribution is 5.93. The molecule has 0 saturated heterocycles. The monoisotopic (exact) mass is 342 g/mol. The molecular formula is C16H14N4O5. The van der Waals surface area contributed by atoms with Crippen molar-refractivity contribution in [3.8, 4) is 0 Å². The zero-order valence-corrected chi connectivity index (χ0v) is 13.3. The molecule has 3 rings (SSSR count). The van der Waals surface area contributed by atoms with E-state index >= 15 is 0 Å². The number of nitro benzene ring substituents is 1. The van der Waals surface area contributed by atoms with Crippen LogP contribution in [-0.2, 0) is 11.3 Å². The zero-order chi connectivity index (χ0) is 18.0. The van der Waals surface area contributed by atoms with Crippen molar-refractivity contribution in [2.45, 2.75) is 13.5 Å². The van der Waals surface area contributed by atoms with Gasteiger partial charge in [0.1, 0.15) is 5.39 Å². The number of rotatable bonds is 4. The molecule has 0 spiro atoms. The van der Waals surface area contributed by atoms with Gasteiger partial charge in [-0.3, -0.25) is 19.9 Å². The molecule has 0 atom stereocenters. The second-order valence-corrected chi connectivity index (χ2v) is 5.16. The Morgan fingerprint density at radius 1 is 1.32 bits per heavy atom. The largest absolute Gasteiger partial charge is 0.448 e. The van der Waals surface area contributed by atoms with Gasteiger partial charge in [-0.15, -0.1) is 0 Å². The number of carbonyl (C=O) groups excluding carboxylic acids is 1. The second kappa shape index (κ2) is 6.56. The molecule has 128 valence electrons. The van der Waals surface area contributed by atoms with Crippen molar-refractivity contribution in [3.63, 3.8) is 0 Å². The van der Waals surface area contributed by atoms with E-state index in [0.717, 1.165) is 9.36 Å². The molecule has 1 aromatic carbocycles. The third kappa shape index (κ3) is 2.87. The van der Waals surface area contributed by atoms with Crippen LogP contribution in [0.3, 0.4) is 0 Å². The molecule has 0 aliphatic rings. The van der Waals surface area contributed by atoms with E-state index in [4.69, 9.17) is 4.74 Å². The van der Waals surface area contributed by atoms with E-state index in [1.165, 1.54) is 18.2 Å². The van der Waals surface area contributed by atoms with Gasteiger partial charge in [0.05, 0.1) is 23.6 Å². The Kier molecular flexibility index (Phi) is 4.29. The van der Waals surface area contributed by atoms with Crippen LogP contribution >= 0.6 is 0 Å². The van der Waals surface area contributed by atoms with Gasteiger partial charge < -0.3 is 4.74 Å². The molecule has 0 aliphatic heterocycles. The number of pyridine rings is 1. The highest BCUT2D eigenvalue weighted by Crippen LogP contribution is 2.23. The lowest BCUT2D eigenvalue weighted by atomic mass is 10.2. The maximum atomic E-state index is 12.8. The van der Waals surface area contributed by atoms with Crippen LogP contribution in [0.5, 0.6) is 0 Å². The van der Waals surface area contributed by atoms with Gasteiger partial charge in [-0.2, -0.15) is 4.68 Å². The number of non-ortho nitro benzene ring substituents is 1. The number of nitrogens with zero attached hydrogens (tertiary/aromatic N) is 4. The molecule has 0 amide bonds. The Bertz CT molecular complexity index is 1010. The summed E-state index contributed by atoms with van der Waals surface area (Å²) in [7, 11) is 0. The molecular weight excluding hydrogens is 328 g/mol. The summed E-state index contributed by atoms with van der Waals surface area (Å²) in [6, 6.07) is 7.55. The van der Waals surface area contributed by atoms with Gasteiger partial charge in [0, 0.05) is 18.5 Å². The molecule has 2 aromatic heterocycles. The quantitative estimate of drug-likeness (QED) is 0.531. The maximum Gasteiger partial charge on any atom is 0.433 e. The first-order chi connectivity index (χ1) is 12.0. The molecule has 3 aromatic rings. The summed E-state index contributed by atoms with van der Waals surface area (Å²) < 4.78 is 7.15. The predicted octanol–water partition coefficient (Wildman–Crippen LogP) is 2.16. The fraction of sp³-hybridized carbons (Fsp3) is 0.188. The van der Waals surface area contributed by atoms with E-state index in [-0.39, 0.29) is 29.7 Å². The summed E-state index contributed by atoms with van der Waals surface area (Å²) in [5.41, 5.74) is -0.202. The number of aromatic nitrogens is 3. The molecule has 0 bridgehead atoms. The molecule has 0 unspecified atom stereocenters. The van der Waals surface area contributed by atoms with E-state index in [0.29, 0.717) is 5.56 Å². The second-order valence-electron chi connectivity index (χ2n) is 5.16. The molecule has 0 radical (unpaired) electrons. The van der Waals surface area contributed by atoms with Crippen molar-refractivity contribution in [2.75, 3.05) is 6.61 Å². The summed E-state index contributed by atoms with van der Waals surface area (Å²) in [6.07, 6.45) is 2.35. The van der Waals surface area contributed by atoms with Gasteiger partial charge in [-0.25, -0.2) is 9.48 Å². The summed E-state index contributed by atoms with van der Waals surface area (Å²) in [5, 5.41) is 11.1. The molecule has 9 nitrogen and oxygen atoms in total. The third-order valence-electron chi connectivity index (χ3n) is 3.63. The van der Waals surface area contributed by atoms with Crippen LogP contribution in [0.1, 0.15) is 12.5 Å². The number of hydrogen-bond acceptors (Lipinski definition) is 6. The van der Waals surface area contributed by atoms with Crippen molar-refractivity contribution in [3.05, 3.63) is 68.8 Å². The van der Waals surface area contributed by atoms with Crippen LogP contribution in [0.15, 0.2) is 47.5 Å². The minimum atomic E-state index is -0.779. The number of nitro groups is 1. The Labute approximate surface area is 141 Å². The Hall–Kier alpha value is -3.49. The summed E-state index contributed by atoms with van der Waals surface area (Å²) in [5.74, 6) is 0. The molecule has 9 heteroatoms. The Morgan fingerprint density at radius 2 is 2.12 bits per heavy atom. The van der Waals surface area contributed by atoms with E-state index < -0.39 is 16.6 Å². The minimum Gasteiger partial charge on any atom is -0.448 e. The molecule has 0 N–H and O–H groups in total. The number of benzene rings is 1. The first kappa shape index (κ1) is 16.4. The molecule has 0 fully saturated rings. The molecule has 25 heavy (non-hydrogen) atoms. The van der Waals surface area contributed by atoms with E-state index in [9.17, 15) is 19.7 Å². The predicted molar refractivity (Wildman–Crippen MR) is 88.6 cm³/mol. The van der Waals surface area contributed by atoms with Crippen LogP contribution in [0.2, 0.25) is 0 Å². The lowest BCUT2D eigenvalue weighted by Gasteiger charge is -2.10. The Balaban J connectivity index is 2.30. The minimum absolute atomic E-state index is 0.0251. The maximum absolute atomic E-state index is 12.8. The molecule has 0 saturated carbocycles. The van der Waals surface area contributed by atoms with Crippen molar-refractivity contribution >= 4 is 22.7 Å². The van der Waals surface area contributed by atoms with Gasteiger partial charge in [-0.05, 0) is 24.6 Å². The van der Waals surface area contributed by atoms with Gasteiger partial charge in [0.2, 0.25) is 0 Å². The van der Waals surface area contributed by atoms with Crippen molar-refractivity contribution in [1.82, 2.24) is 14.3 Å². The Morgan fingerprint density at radius 3 is 2.76 bits per heavy atom. The van der Waals surface area contributed by atoms with E-state index in [2.05, 4.69) is 4.98 Å². The van der Waals surface area contributed by atoms with Crippen molar-refractivity contribution in [1.29, 1.82) is 0 Å². The highest BCUT2D eigenvalue weighted by atomic mass is 16.6. The topological polar surface area (TPSA) is 109 Å². The van der Waals surface area contributed by atoms with Crippen LogP contribution in [-0.4, -0.2) is 32.0 Å². The zero-order valence-electron chi connectivity index (χ0n) is 13.3. The summed E-state index contributed by atoms with van der Waals surface area (Å²) in [6.45, 7) is 1.77. The fourth-order valence-electron chi connectivity index (χ4n) is 2.61. The normalized spacial score (nSPS) is 10.8. The average Bonchev–Trinajstić information content (AvgIpc) is 2.88. The number of hydrogen-bond donors (Lipinski definition) is 0. The summed E-state index contributed by atoms with van der Waals surface area (Å²) >= 11 is 0. The molecule has 0 aliphatic carbocycles. The lowest BCUT2D eigenvalue weighted by Crippen LogP contribution is -2.29. The number of ether oxygens (including phenoxy) is 1. The van der Waals surface area contributed by atoms with Crippen molar-refractivity contribution < 1.29 is 14.5 Å². The highest BCUT2D eigenvalue weighted by Gasteiger charge is 2.25. The lowest BCUT2D eigenvalue weighted by molar-refractivity contribution is -0.383. The number of carbonyl (C=O) groups is 1. The fourth-order valence-corrected chi connectivity index (χ4v) is 2.61. The SMILES string of the molecule is CCOC(=O)n1c2cccc([N+](=O)[O-])c2c(=O)n1Cc1cccnc1. The number of fused-ring (bicyclic) bond motifs is 1. The first-order valence-electron chi connectivity index (χ1n) is 7.49. The van der Waals surface area contributed by atoms with Gasteiger partial charge in [0.25, 0.3) is 11.2 Å². The molecule has 2 heterocycles. The van der Waals surface area contributed by atoms with Gasteiger partial charge in [-0.1, -0.05) is 12.1 Å². The third-order valence-corrected chi connectivity index (χ3v) is 3.63. The smallest absolute Gasteiger partial charge is 0.433 e. The van der Waals surface area contributed by atoms with E-state index in [1.807, 2.05) is 0 Å².